The van der Waals surface area contributed by atoms with E-state index in [2.05, 4.69) is 20.9 Å². The highest BCUT2D eigenvalue weighted by atomic mass is 127. The van der Waals surface area contributed by atoms with Crippen molar-refractivity contribution >= 4 is 35.8 Å². The third kappa shape index (κ3) is 7.54. The van der Waals surface area contributed by atoms with Crippen molar-refractivity contribution in [1.29, 1.82) is 0 Å². The summed E-state index contributed by atoms with van der Waals surface area (Å²) in [5.74, 6) is 2.17. The lowest BCUT2D eigenvalue weighted by molar-refractivity contribution is -0.120. The van der Waals surface area contributed by atoms with Gasteiger partial charge in [-0.2, -0.15) is 0 Å². The van der Waals surface area contributed by atoms with Crippen molar-refractivity contribution in [2.75, 3.05) is 41.5 Å². The Kier molecular flexibility index (Phi) is 12.3. The molecule has 0 saturated heterocycles. The van der Waals surface area contributed by atoms with E-state index in [0.717, 1.165) is 12.0 Å². The number of guanidine groups is 1. The summed E-state index contributed by atoms with van der Waals surface area (Å²) in [5.41, 5.74) is 0.924. The SMILES string of the molecule is CCCNC(=O)CNC(=NC)NCc1cc(OC)c(OC)c(OC)c1.I. The molecule has 1 aromatic carbocycles. The topological polar surface area (TPSA) is 93.2 Å². The first kappa shape index (κ1) is 24.1. The van der Waals surface area contributed by atoms with Crippen molar-refractivity contribution in [1.82, 2.24) is 16.0 Å². The Hall–Kier alpha value is -1.91. The van der Waals surface area contributed by atoms with Crippen LogP contribution in [-0.2, 0) is 11.3 Å². The molecule has 0 aromatic heterocycles. The zero-order chi connectivity index (χ0) is 18.7. The van der Waals surface area contributed by atoms with Crippen LogP contribution >= 0.6 is 24.0 Å². The molecule has 9 heteroatoms. The van der Waals surface area contributed by atoms with Crippen LogP contribution in [0.2, 0.25) is 0 Å². The fourth-order valence-electron chi connectivity index (χ4n) is 2.13. The molecule has 0 atom stereocenters. The largest absolute Gasteiger partial charge is 0.493 e. The fourth-order valence-corrected chi connectivity index (χ4v) is 2.13. The van der Waals surface area contributed by atoms with Crippen LogP contribution in [0.15, 0.2) is 17.1 Å². The monoisotopic (exact) mass is 480 g/mol. The van der Waals surface area contributed by atoms with Crippen LogP contribution in [0.1, 0.15) is 18.9 Å². The summed E-state index contributed by atoms with van der Waals surface area (Å²) in [7, 11) is 6.36. The number of benzene rings is 1. The standard InChI is InChI=1S/C17H28N4O4.HI/c1-6-7-19-15(22)11-21-17(18-2)20-10-12-8-13(23-3)16(25-5)14(9-12)24-4;/h8-9H,6-7,10-11H2,1-5H3,(H,19,22)(H2,18,20,21);1H. The molecular weight excluding hydrogens is 451 g/mol. The number of nitrogens with zero attached hydrogens (tertiary/aromatic N) is 1. The van der Waals surface area contributed by atoms with E-state index in [4.69, 9.17) is 14.2 Å². The summed E-state index contributed by atoms with van der Waals surface area (Å²) in [4.78, 5) is 15.7. The van der Waals surface area contributed by atoms with E-state index in [1.54, 1.807) is 28.4 Å². The van der Waals surface area contributed by atoms with Crippen LogP contribution in [0.25, 0.3) is 0 Å². The number of nitrogens with one attached hydrogen (secondary N) is 3. The minimum atomic E-state index is -0.0717. The molecule has 0 unspecified atom stereocenters. The Balaban J connectivity index is 0.00000625. The summed E-state index contributed by atoms with van der Waals surface area (Å²) >= 11 is 0. The third-order valence-corrected chi connectivity index (χ3v) is 3.40. The Bertz CT molecular complexity index is 571. The minimum Gasteiger partial charge on any atom is -0.493 e. The molecule has 8 nitrogen and oxygen atoms in total. The number of rotatable bonds is 9. The van der Waals surface area contributed by atoms with E-state index in [-0.39, 0.29) is 36.4 Å². The number of aliphatic imine (C=N–C) groups is 1. The molecule has 0 bridgehead atoms. The summed E-state index contributed by atoms with van der Waals surface area (Å²) in [6.07, 6.45) is 0.903. The highest BCUT2D eigenvalue weighted by Crippen LogP contribution is 2.38. The van der Waals surface area contributed by atoms with Crippen molar-refractivity contribution < 1.29 is 19.0 Å². The molecule has 0 saturated carbocycles. The number of hydrogen-bond acceptors (Lipinski definition) is 5. The maximum absolute atomic E-state index is 11.6. The van der Waals surface area contributed by atoms with Crippen molar-refractivity contribution in [3.8, 4) is 17.2 Å². The molecule has 0 heterocycles. The number of halogens is 1. The zero-order valence-corrected chi connectivity index (χ0v) is 18.3. The predicted octanol–water partition coefficient (Wildman–Crippen LogP) is 1.52. The van der Waals surface area contributed by atoms with Gasteiger partial charge in [-0.25, -0.2) is 0 Å². The average Bonchev–Trinajstić information content (AvgIpc) is 2.65. The van der Waals surface area contributed by atoms with Gasteiger partial charge in [-0.1, -0.05) is 6.92 Å². The summed E-state index contributed by atoms with van der Waals surface area (Å²) in [6.45, 7) is 3.31. The van der Waals surface area contributed by atoms with Gasteiger partial charge in [-0.05, 0) is 24.1 Å². The van der Waals surface area contributed by atoms with Gasteiger partial charge in [0.25, 0.3) is 0 Å². The van der Waals surface area contributed by atoms with Gasteiger partial charge in [-0.3, -0.25) is 9.79 Å². The van der Waals surface area contributed by atoms with E-state index in [1.807, 2.05) is 19.1 Å². The maximum atomic E-state index is 11.6. The van der Waals surface area contributed by atoms with Gasteiger partial charge in [0, 0.05) is 20.1 Å². The second-order valence-electron chi connectivity index (χ2n) is 5.16. The van der Waals surface area contributed by atoms with Gasteiger partial charge in [0.1, 0.15) is 0 Å². The van der Waals surface area contributed by atoms with Crippen molar-refractivity contribution in [3.05, 3.63) is 17.7 Å². The first-order chi connectivity index (χ1) is 12.1. The van der Waals surface area contributed by atoms with E-state index >= 15 is 0 Å². The van der Waals surface area contributed by atoms with Crippen LogP contribution in [-0.4, -0.2) is 53.3 Å². The number of methoxy groups -OCH3 is 3. The molecule has 0 spiro atoms. The molecule has 0 radical (unpaired) electrons. The van der Waals surface area contributed by atoms with Crippen LogP contribution in [0, 0.1) is 0 Å². The Morgan fingerprint density at radius 1 is 1.04 bits per heavy atom. The highest BCUT2D eigenvalue weighted by Gasteiger charge is 2.13. The molecule has 0 fully saturated rings. The number of ether oxygens (including phenoxy) is 3. The quantitative estimate of drug-likeness (QED) is 0.282. The molecule has 0 aliphatic heterocycles. The molecule has 1 rings (SSSR count). The number of amides is 1. The molecule has 1 amide bonds. The molecule has 148 valence electrons. The van der Waals surface area contributed by atoms with E-state index in [0.29, 0.717) is 36.3 Å². The van der Waals surface area contributed by atoms with E-state index < -0.39 is 0 Å². The highest BCUT2D eigenvalue weighted by molar-refractivity contribution is 14.0. The van der Waals surface area contributed by atoms with E-state index in [9.17, 15) is 4.79 Å². The maximum Gasteiger partial charge on any atom is 0.239 e. The number of carbonyl (C=O) groups excluding carboxylic acids is 1. The summed E-state index contributed by atoms with van der Waals surface area (Å²) < 4.78 is 16.0. The van der Waals surface area contributed by atoms with Crippen LogP contribution in [0.3, 0.4) is 0 Å². The molecule has 26 heavy (non-hydrogen) atoms. The molecule has 3 N–H and O–H groups in total. The van der Waals surface area contributed by atoms with Crippen molar-refractivity contribution in [3.63, 3.8) is 0 Å². The van der Waals surface area contributed by atoms with E-state index in [1.165, 1.54) is 0 Å². The summed E-state index contributed by atoms with van der Waals surface area (Å²) in [6, 6.07) is 3.71. The first-order valence-corrected chi connectivity index (χ1v) is 8.09. The third-order valence-electron chi connectivity index (χ3n) is 3.40. The van der Waals surface area contributed by atoms with Gasteiger partial charge in [0.15, 0.2) is 17.5 Å². The number of carbonyl (C=O) groups is 1. The average molecular weight is 480 g/mol. The van der Waals surface area contributed by atoms with Crippen molar-refractivity contribution in [2.24, 2.45) is 4.99 Å². The van der Waals surface area contributed by atoms with Crippen LogP contribution < -0.4 is 30.2 Å². The number of hydrogen-bond donors (Lipinski definition) is 3. The molecule has 1 aromatic rings. The minimum absolute atomic E-state index is 0. The first-order valence-electron chi connectivity index (χ1n) is 8.09. The lowest BCUT2D eigenvalue weighted by Gasteiger charge is -2.16. The Labute approximate surface area is 172 Å². The van der Waals surface area contributed by atoms with Crippen LogP contribution in [0.5, 0.6) is 17.2 Å². The normalized spacial score (nSPS) is 10.4. The predicted molar refractivity (Wildman–Crippen MR) is 113 cm³/mol. The van der Waals surface area contributed by atoms with Gasteiger partial charge in [0.05, 0.1) is 27.9 Å². The van der Waals surface area contributed by atoms with Crippen molar-refractivity contribution in [2.45, 2.75) is 19.9 Å². The second kappa shape index (κ2) is 13.3. The summed E-state index contributed by atoms with van der Waals surface area (Å²) in [5, 5.41) is 8.91. The molecule has 0 aliphatic rings. The van der Waals surface area contributed by atoms with Gasteiger partial charge < -0.3 is 30.2 Å². The molecular formula is C17H29IN4O4. The van der Waals surface area contributed by atoms with Gasteiger partial charge in [0.2, 0.25) is 11.7 Å². The molecule has 0 aliphatic carbocycles. The lowest BCUT2D eigenvalue weighted by Crippen LogP contribution is -2.43. The van der Waals surface area contributed by atoms with Crippen LogP contribution in [0.4, 0.5) is 0 Å². The fraction of sp³-hybridized carbons (Fsp3) is 0.529. The zero-order valence-electron chi connectivity index (χ0n) is 16.0. The van der Waals surface area contributed by atoms with Gasteiger partial charge in [-0.15, -0.1) is 24.0 Å². The smallest absolute Gasteiger partial charge is 0.239 e. The Morgan fingerprint density at radius 3 is 2.12 bits per heavy atom. The second-order valence-corrected chi connectivity index (χ2v) is 5.16. The van der Waals surface area contributed by atoms with Gasteiger partial charge >= 0.3 is 0 Å². The Morgan fingerprint density at radius 2 is 1.65 bits per heavy atom. The lowest BCUT2D eigenvalue weighted by atomic mass is 10.2.